The molecule has 114 valence electrons. The van der Waals surface area contributed by atoms with Crippen LogP contribution in [0.1, 0.15) is 20.3 Å². The molecule has 1 aliphatic heterocycles. The Hall–Kier alpha value is -1.56. The fourth-order valence-corrected chi connectivity index (χ4v) is 2.68. The molecule has 0 radical (unpaired) electrons. The first-order valence-electron chi connectivity index (χ1n) is 7.14. The number of carboxylic acid groups (broad SMARTS) is 1. The van der Waals surface area contributed by atoms with Crippen molar-refractivity contribution in [3.8, 4) is 0 Å². The number of carbonyl (C=O) groups is 2. The predicted molar refractivity (Wildman–Crippen MR) is 77.7 cm³/mol. The van der Waals surface area contributed by atoms with Crippen LogP contribution in [0.25, 0.3) is 0 Å². The average Bonchev–Trinajstić information content (AvgIpc) is 2.88. The van der Waals surface area contributed by atoms with E-state index in [0.29, 0.717) is 19.1 Å². The summed E-state index contributed by atoms with van der Waals surface area (Å²) in [5.41, 5.74) is 0. The third kappa shape index (κ3) is 4.23. The highest BCUT2D eigenvalue weighted by molar-refractivity contribution is 5.80. The Bertz CT molecular complexity index is 356. The smallest absolute Gasteiger partial charge is 0.323 e. The van der Waals surface area contributed by atoms with Gasteiger partial charge in [-0.1, -0.05) is 19.9 Å². The lowest BCUT2D eigenvalue weighted by atomic mass is 10.2. The number of likely N-dealkylation sites (N-methyl/N-ethyl adjacent to an activating group) is 1. The van der Waals surface area contributed by atoms with E-state index in [0.717, 1.165) is 19.5 Å². The third-order valence-electron chi connectivity index (χ3n) is 3.71. The van der Waals surface area contributed by atoms with E-state index in [4.69, 9.17) is 5.11 Å². The molecule has 2 amide bonds. The molecule has 20 heavy (non-hydrogen) atoms. The van der Waals surface area contributed by atoms with Crippen molar-refractivity contribution >= 4 is 12.0 Å². The normalized spacial score (nSPS) is 18.4. The molecule has 1 rings (SSSR count). The van der Waals surface area contributed by atoms with E-state index >= 15 is 0 Å². The highest BCUT2D eigenvalue weighted by Gasteiger charge is 2.31. The zero-order chi connectivity index (χ0) is 15.1. The van der Waals surface area contributed by atoms with Crippen molar-refractivity contribution in [2.75, 3.05) is 39.3 Å². The van der Waals surface area contributed by atoms with Crippen LogP contribution in [-0.2, 0) is 4.79 Å². The van der Waals surface area contributed by atoms with Crippen LogP contribution in [0.5, 0.6) is 0 Å². The van der Waals surface area contributed by atoms with Crippen LogP contribution >= 0.6 is 0 Å². The molecule has 1 atom stereocenters. The summed E-state index contributed by atoms with van der Waals surface area (Å²) in [5, 5.41) is 8.86. The van der Waals surface area contributed by atoms with Crippen molar-refractivity contribution in [3.05, 3.63) is 12.7 Å². The Morgan fingerprint density at radius 2 is 2.05 bits per heavy atom. The van der Waals surface area contributed by atoms with Gasteiger partial charge in [0.1, 0.15) is 6.54 Å². The van der Waals surface area contributed by atoms with Crippen LogP contribution in [-0.4, -0.2) is 77.1 Å². The molecule has 0 saturated carbocycles. The first kappa shape index (κ1) is 16.5. The van der Waals surface area contributed by atoms with E-state index in [1.807, 2.05) is 0 Å². The summed E-state index contributed by atoms with van der Waals surface area (Å²) in [6.45, 7) is 11.1. The number of aliphatic carboxylic acids is 1. The van der Waals surface area contributed by atoms with E-state index in [-0.39, 0.29) is 19.1 Å². The number of carbonyl (C=O) groups excluding carboxylic acids is 1. The summed E-state index contributed by atoms with van der Waals surface area (Å²) in [4.78, 5) is 28.6. The Balaban J connectivity index is 2.62. The number of amides is 2. The maximum absolute atomic E-state index is 12.3. The molecule has 0 aromatic rings. The minimum atomic E-state index is -1.00. The van der Waals surface area contributed by atoms with Gasteiger partial charge in [0, 0.05) is 25.7 Å². The van der Waals surface area contributed by atoms with Crippen molar-refractivity contribution in [2.24, 2.45) is 0 Å². The van der Waals surface area contributed by atoms with Gasteiger partial charge in [-0.05, 0) is 19.5 Å². The molecule has 0 aromatic carbocycles. The van der Waals surface area contributed by atoms with E-state index < -0.39 is 5.97 Å². The highest BCUT2D eigenvalue weighted by Crippen LogP contribution is 2.17. The van der Waals surface area contributed by atoms with Crippen molar-refractivity contribution in [2.45, 2.75) is 26.3 Å². The lowest BCUT2D eigenvalue weighted by molar-refractivity contribution is -0.137. The van der Waals surface area contributed by atoms with Gasteiger partial charge in [0.15, 0.2) is 0 Å². The van der Waals surface area contributed by atoms with Gasteiger partial charge >= 0.3 is 12.0 Å². The summed E-state index contributed by atoms with van der Waals surface area (Å²) in [7, 11) is 0. The Kier molecular flexibility index (Phi) is 6.51. The first-order chi connectivity index (χ1) is 9.53. The Labute approximate surface area is 120 Å². The lowest BCUT2D eigenvalue weighted by Crippen LogP contribution is -2.46. The molecule has 0 aliphatic carbocycles. The molecular formula is C14H25N3O3. The summed E-state index contributed by atoms with van der Waals surface area (Å²) in [5.74, 6) is -1.00. The van der Waals surface area contributed by atoms with Crippen molar-refractivity contribution in [3.63, 3.8) is 0 Å². The predicted octanol–water partition coefficient (Wildman–Crippen LogP) is 1.10. The standard InChI is InChI=1S/C14H25N3O3/c1-4-8-16(11-13(18)19)14(20)17-9-7-12(10-17)15(5-2)6-3/h4,12H,1,5-11H2,2-3H3,(H,18,19). The van der Waals surface area contributed by atoms with Gasteiger partial charge in [0.25, 0.3) is 0 Å². The number of hydrogen-bond donors (Lipinski definition) is 1. The van der Waals surface area contributed by atoms with Gasteiger partial charge < -0.3 is 14.9 Å². The van der Waals surface area contributed by atoms with Crippen LogP contribution in [0, 0.1) is 0 Å². The third-order valence-corrected chi connectivity index (χ3v) is 3.71. The van der Waals surface area contributed by atoms with Crippen molar-refractivity contribution < 1.29 is 14.7 Å². The highest BCUT2D eigenvalue weighted by atomic mass is 16.4. The summed E-state index contributed by atoms with van der Waals surface area (Å²) >= 11 is 0. The zero-order valence-corrected chi connectivity index (χ0v) is 12.4. The molecule has 6 nitrogen and oxygen atoms in total. The zero-order valence-electron chi connectivity index (χ0n) is 12.4. The molecule has 6 heteroatoms. The van der Waals surface area contributed by atoms with Crippen LogP contribution in [0.15, 0.2) is 12.7 Å². The molecule has 1 heterocycles. The van der Waals surface area contributed by atoms with Crippen LogP contribution in [0.3, 0.4) is 0 Å². The molecule has 1 N–H and O–H groups in total. The number of carboxylic acids is 1. The number of nitrogens with zero attached hydrogens (tertiary/aromatic N) is 3. The molecule has 0 bridgehead atoms. The minimum absolute atomic E-state index is 0.207. The number of hydrogen-bond acceptors (Lipinski definition) is 3. The number of likely N-dealkylation sites (tertiary alicyclic amines) is 1. The van der Waals surface area contributed by atoms with Gasteiger partial charge in [-0.25, -0.2) is 4.79 Å². The molecule has 1 fully saturated rings. The second-order valence-corrected chi connectivity index (χ2v) is 4.96. The first-order valence-corrected chi connectivity index (χ1v) is 7.14. The van der Waals surface area contributed by atoms with Gasteiger partial charge in [0.05, 0.1) is 0 Å². The maximum atomic E-state index is 12.3. The second-order valence-electron chi connectivity index (χ2n) is 4.96. The minimum Gasteiger partial charge on any atom is -0.480 e. The van der Waals surface area contributed by atoms with Crippen LogP contribution in [0.4, 0.5) is 4.79 Å². The fraction of sp³-hybridized carbons (Fsp3) is 0.714. The van der Waals surface area contributed by atoms with Crippen molar-refractivity contribution in [1.82, 2.24) is 14.7 Å². The molecule has 1 saturated heterocycles. The quantitative estimate of drug-likeness (QED) is 0.711. The van der Waals surface area contributed by atoms with Crippen LogP contribution < -0.4 is 0 Å². The monoisotopic (exact) mass is 283 g/mol. The van der Waals surface area contributed by atoms with E-state index in [1.165, 1.54) is 4.90 Å². The van der Waals surface area contributed by atoms with Gasteiger partial charge in [-0.3, -0.25) is 9.69 Å². The number of urea groups is 1. The fourth-order valence-electron chi connectivity index (χ4n) is 2.68. The van der Waals surface area contributed by atoms with Gasteiger partial charge in [-0.15, -0.1) is 6.58 Å². The van der Waals surface area contributed by atoms with Crippen molar-refractivity contribution in [1.29, 1.82) is 0 Å². The molecule has 1 aliphatic rings. The van der Waals surface area contributed by atoms with Gasteiger partial charge in [-0.2, -0.15) is 0 Å². The summed E-state index contributed by atoms with van der Waals surface area (Å²) in [6, 6.07) is 0.173. The van der Waals surface area contributed by atoms with E-state index in [1.54, 1.807) is 11.0 Å². The SMILES string of the molecule is C=CCN(CC(=O)O)C(=O)N1CCC(N(CC)CC)C1. The maximum Gasteiger partial charge on any atom is 0.323 e. The molecular weight excluding hydrogens is 258 g/mol. The molecule has 1 unspecified atom stereocenters. The lowest BCUT2D eigenvalue weighted by Gasteiger charge is -2.28. The summed E-state index contributed by atoms with van der Waals surface area (Å²) in [6.07, 6.45) is 2.50. The van der Waals surface area contributed by atoms with E-state index in [2.05, 4.69) is 25.3 Å². The van der Waals surface area contributed by atoms with Crippen LogP contribution in [0.2, 0.25) is 0 Å². The Morgan fingerprint density at radius 3 is 2.55 bits per heavy atom. The molecule has 0 aromatic heterocycles. The summed E-state index contributed by atoms with van der Waals surface area (Å²) < 4.78 is 0. The van der Waals surface area contributed by atoms with E-state index in [9.17, 15) is 9.59 Å². The second kappa shape index (κ2) is 7.89. The average molecular weight is 283 g/mol. The largest absolute Gasteiger partial charge is 0.480 e. The van der Waals surface area contributed by atoms with Gasteiger partial charge in [0.2, 0.25) is 0 Å². The Morgan fingerprint density at radius 1 is 1.40 bits per heavy atom. The molecule has 0 spiro atoms. The topological polar surface area (TPSA) is 64.1 Å². The number of rotatable bonds is 7.